The van der Waals surface area contributed by atoms with Crippen molar-refractivity contribution in [3.8, 4) is 0 Å². The third-order valence-electron chi connectivity index (χ3n) is 22.7. The van der Waals surface area contributed by atoms with Crippen molar-refractivity contribution >= 4 is 82.5 Å². The molecule has 98 heavy (non-hydrogen) atoms. The number of rotatable bonds is 10. The second kappa shape index (κ2) is 35.9. The van der Waals surface area contributed by atoms with Crippen LogP contribution in [0.3, 0.4) is 0 Å². The van der Waals surface area contributed by atoms with Gasteiger partial charge in [-0.3, -0.25) is 57.5 Å². The van der Waals surface area contributed by atoms with Crippen molar-refractivity contribution in [3.05, 3.63) is 0 Å². The molecule has 3 unspecified atom stereocenters. The van der Waals surface area contributed by atoms with Gasteiger partial charge in [-0.1, -0.05) is 78.1 Å². The lowest BCUT2D eigenvalue weighted by atomic mass is 9.78. The molecule has 0 radical (unpaired) electrons. The zero-order valence-corrected chi connectivity index (χ0v) is 61.4. The number of piperidine rings is 1. The summed E-state index contributed by atoms with van der Waals surface area (Å²) in [5.74, 6) is -10.6. The van der Waals surface area contributed by atoms with Crippen molar-refractivity contribution in [1.82, 2.24) is 59.6 Å². The van der Waals surface area contributed by atoms with E-state index in [4.69, 9.17) is 11.6 Å². The van der Waals surface area contributed by atoms with Crippen LogP contribution in [0, 0.1) is 29.6 Å². The summed E-state index contributed by atoms with van der Waals surface area (Å²) in [7, 11) is 11.3. The maximum atomic E-state index is 15.6. The van der Waals surface area contributed by atoms with E-state index in [0.29, 0.717) is 70.9 Å². The van der Waals surface area contributed by atoms with Gasteiger partial charge in [0.25, 0.3) is 0 Å². The van der Waals surface area contributed by atoms with Crippen molar-refractivity contribution in [3.63, 3.8) is 0 Å². The van der Waals surface area contributed by atoms with Crippen molar-refractivity contribution in [2.75, 3.05) is 95.6 Å². The molecule has 6 rings (SSSR count). The van der Waals surface area contributed by atoms with Crippen LogP contribution in [0.4, 0.5) is 13.2 Å². The molecule has 10 atom stereocenters. The number of amides is 12. The topological polar surface area (TPSA) is 261 Å². The second-order valence-corrected chi connectivity index (χ2v) is 30.4. The summed E-state index contributed by atoms with van der Waals surface area (Å²) < 4.78 is 42.1. The molecule has 0 aromatic heterocycles. The van der Waals surface area contributed by atoms with Crippen molar-refractivity contribution in [2.24, 2.45) is 29.6 Å². The van der Waals surface area contributed by atoms with Gasteiger partial charge in [-0.05, 0) is 128 Å². The van der Waals surface area contributed by atoms with E-state index in [0.717, 1.165) is 71.0 Å². The van der Waals surface area contributed by atoms with Gasteiger partial charge < -0.3 is 59.6 Å². The van der Waals surface area contributed by atoms with Crippen LogP contribution in [-0.4, -0.2) is 275 Å². The molecule has 0 aromatic rings. The van der Waals surface area contributed by atoms with Crippen molar-refractivity contribution < 1.29 is 70.7 Å². The Hall–Kier alpha value is -6.28. The molecule has 24 nitrogen and oxygen atoms in total. The van der Waals surface area contributed by atoms with Gasteiger partial charge in [0.2, 0.25) is 70.9 Å². The van der Waals surface area contributed by atoms with Crippen molar-refractivity contribution in [2.45, 2.75) is 248 Å². The third-order valence-corrected chi connectivity index (χ3v) is 23.2. The van der Waals surface area contributed by atoms with Gasteiger partial charge in [0, 0.05) is 80.9 Å². The highest BCUT2D eigenvalue weighted by Gasteiger charge is 2.50. The zero-order valence-electron chi connectivity index (χ0n) is 60.6. The summed E-state index contributed by atoms with van der Waals surface area (Å²) in [6, 6.07) is -7.96. The number of hydrogen-bond donors (Lipinski definition) is 2. The third kappa shape index (κ3) is 20.5. The molecule has 6 aliphatic rings. The van der Waals surface area contributed by atoms with E-state index in [1.165, 1.54) is 102 Å². The van der Waals surface area contributed by atoms with Crippen molar-refractivity contribution in [1.29, 1.82) is 0 Å². The van der Waals surface area contributed by atoms with Gasteiger partial charge in [0.15, 0.2) is 0 Å². The highest BCUT2D eigenvalue weighted by atomic mass is 35.5. The number of alkyl halides is 4. The average molecular weight is 1410 g/mol. The fraction of sp³-hybridized carbons (Fsp3) is 0.829. The maximum Gasteiger partial charge on any atom is 0.393 e. The molecule has 0 aromatic carbocycles. The van der Waals surface area contributed by atoms with Crippen LogP contribution in [0.5, 0.6) is 0 Å². The molecule has 0 bridgehead atoms. The van der Waals surface area contributed by atoms with Crippen LogP contribution >= 0.6 is 11.6 Å². The van der Waals surface area contributed by atoms with Gasteiger partial charge >= 0.3 is 6.18 Å². The minimum Gasteiger partial charge on any atom is -0.343 e. The predicted octanol–water partition coefficient (Wildman–Crippen LogP) is 5.66. The first-order valence-electron chi connectivity index (χ1n) is 36.0. The molecule has 2 N–H and O–H groups in total. The Bertz CT molecular complexity index is 2830. The molecule has 4 saturated carbocycles. The summed E-state index contributed by atoms with van der Waals surface area (Å²) in [5, 5.41) is 4.44. The van der Waals surface area contributed by atoms with Crippen LogP contribution in [-0.2, 0) is 57.5 Å². The first kappa shape index (κ1) is 80.7. The van der Waals surface area contributed by atoms with Gasteiger partial charge in [0.1, 0.15) is 48.3 Å². The molecule has 2 aliphatic heterocycles. The summed E-state index contributed by atoms with van der Waals surface area (Å²) in [5.41, 5.74) is -1.70. The monoisotopic (exact) mass is 1410 g/mol. The Kier molecular flexibility index (Phi) is 29.5. The molecule has 0 spiro atoms. The number of hydrogen-bond acceptors (Lipinski definition) is 12. The van der Waals surface area contributed by atoms with E-state index in [1.807, 2.05) is 6.92 Å². The minimum absolute atomic E-state index is 0.00258. The molecular weight excluding hydrogens is 1290 g/mol. The van der Waals surface area contributed by atoms with E-state index in [9.17, 15) is 51.5 Å². The summed E-state index contributed by atoms with van der Waals surface area (Å²) in [4.78, 5) is 190. The quantitative estimate of drug-likeness (QED) is 0.251. The smallest absolute Gasteiger partial charge is 0.343 e. The zero-order chi connectivity index (χ0) is 72.8. The summed E-state index contributed by atoms with van der Waals surface area (Å²) in [6.07, 6.45) is 7.32. The number of nitrogens with zero attached hydrogens (tertiary/aromatic N) is 10. The maximum absolute atomic E-state index is 15.6. The number of halogens is 4. The van der Waals surface area contributed by atoms with E-state index < -0.39 is 175 Å². The lowest BCUT2D eigenvalue weighted by Crippen LogP contribution is -2.64. The first-order chi connectivity index (χ1) is 46.0. The Morgan fingerprint density at radius 1 is 0.592 bits per heavy atom. The Balaban J connectivity index is 1.40. The minimum atomic E-state index is -4.51. The standard InChI is InChI=1S/C70H114ClF3N12O12/c1-14-44(2)60-66(96)79(8)41-57(89)77(6)42-58(90)81(10)53(38-46-25-18-15-19-26-46)64(94)78(7)40-55(87)75-52(34-32-47-31-33-50(51(71)37-47)70(72,73)74)63(93)86(49-29-20-16-21-30-49)43-59(91)84(13)69(4,5)68(98)83(12)61(48-27-24-28-48)67(97)82(11)54(65(95)85-35-22-17-23-36-85)39-56(88)80(9)45(3)62(92)76-60/h44-54,60-61H,14-43H2,1-13H3,(H,75,87)(H,76,92)/t44-,45-,47?,50?,51?,52-,53-,54-,60-,61-/m0/s1. The number of carbonyl (C=O) groups excluding carboxylic acids is 12. The number of likely N-dealkylation sites (N-methyl/N-ethyl adjacent to an activating group) is 8. The highest BCUT2D eigenvalue weighted by molar-refractivity contribution is 6.20. The molecule has 2 saturated heterocycles. The van der Waals surface area contributed by atoms with Crippen LogP contribution in [0.15, 0.2) is 0 Å². The SMILES string of the molecule is CC[C@H](C)[C@@H]1NC(=O)[C@H](C)N(C)C(=O)C[C@@H](C(=O)N2CCCCC2)N(C)C(=O)[C@H](C2CCC2)N(C)C(=O)C(C)(C)N(C)C(=O)CN(C2CCCCC2)C(=O)[C@H](CCC2CCC(C(F)(F)F)C(Cl)C2)NC(=O)CN(C)C(=O)[C@H](CC2CCCCC2)N(C)C(=O)CN(C)C(=O)CN(C)C1=O. The van der Waals surface area contributed by atoms with E-state index >= 15 is 19.2 Å². The molecular formula is C70H114ClF3N12O12. The molecule has 28 heteroatoms. The number of likely N-dealkylation sites (tertiary alicyclic amines) is 1. The molecule has 6 fully saturated rings. The van der Waals surface area contributed by atoms with E-state index in [2.05, 4.69) is 10.6 Å². The molecule has 554 valence electrons. The number of nitrogens with one attached hydrogen (secondary N) is 2. The highest BCUT2D eigenvalue weighted by Crippen LogP contribution is 2.44. The summed E-state index contributed by atoms with van der Waals surface area (Å²) >= 11 is 6.43. The average Bonchev–Trinajstić information content (AvgIpc) is 0.780. The summed E-state index contributed by atoms with van der Waals surface area (Å²) in [6.45, 7) is 6.65. The molecule has 4 aliphatic carbocycles. The van der Waals surface area contributed by atoms with Crippen LogP contribution in [0.25, 0.3) is 0 Å². The first-order valence-corrected chi connectivity index (χ1v) is 36.4. The second-order valence-electron chi connectivity index (χ2n) is 29.9. The van der Waals surface area contributed by atoms with Gasteiger partial charge in [-0.15, -0.1) is 11.6 Å². The van der Waals surface area contributed by atoms with Gasteiger partial charge in [-0.25, -0.2) is 0 Å². The Morgan fingerprint density at radius 2 is 1.17 bits per heavy atom. The molecule has 12 amide bonds. The fourth-order valence-corrected chi connectivity index (χ4v) is 15.6. The Morgan fingerprint density at radius 3 is 1.74 bits per heavy atom. The van der Waals surface area contributed by atoms with Crippen LogP contribution < -0.4 is 10.6 Å². The number of carbonyl (C=O) groups is 12. The Labute approximate surface area is 583 Å². The normalized spacial score (nSPS) is 29.4. The molecule has 2 heterocycles. The fourth-order valence-electron chi connectivity index (χ4n) is 15.1. The van der Waals surface area contributed by atoms with Gasteiger partial charge in [0.05, 0.1) is 32.0 Å². The van der Waals surface area contributed by atoms with E-state index in [1.54, 1.807) is 11.8 Å². The lowest BCUT2D eigenvalue weighted by molar-refractivity contribution is -0.182. The predicted molar refractivity (Wildman–Crippen MR) is 363 cm³/mol. The van der Waals surface area contributed by atoms with E-state index in [-0.39, 0.29) is 56.3 Å². The van der Waals surface area contributed by atoms with Crippen LogP contribution in [0.2, 0.25) is 0 Å². The van der Waals surface area contributed by atoms with Gasteiger partial charge in [-0.2, -0.15) is 13.2 Å². The van der Waals surface area contributed by atoms with Crippen LogP contribution in [0.1, 0.15) is 189 Å². The largest absolute Gasteiger partial charge is 0.393 e. The lowest BCUT2D eigenvalue weighted by Gasteiger charge is -2.45.